The van der Waals surface area contributed by atoms with Gasteiger partial charge in [0.05, 0.1) is 4.88 Å². The lowest BCUT2D eigenvalue weighted by Gasteiger charge is -2.34. The van der Waals surface area contributed by atoms with E-state index in [1.807, 2.05) is 48.7 Å². The molecular formula is C21H21N3O3S2. The summed E-state index contributed by atoms with van der Waals surface area (Å²) in [5.74, 6) is 0.729. The average Bonchev–Trinajstić information content (AvgIpc) is 3.45. The highest BCUT2D eigenvalue weighted by atomic mass is 32.1. The van der Waals surface area contributed by atoms with Gasteiger partial charge in [-0.3, -0.25) is 9.59 Å². The Morgan fingerprint density at radius 2 is 1.69 bits per heavy atom. The number of thiophene rings is 1. The van der Waals surface area contributed by atoms with E-state index in [0.29, 0.717) is 38.5 Å². The van der Waals surface area contributed by atoms with Crippen molar-refractivity contribution in [1.29, 1.82) is 0 Å². The van der Waals surface area contributed by atoms with Gasteiger partial charge in [0.1, 0.15) is 23.1 Å². The first kappa shape index (κ1) is 19.6. The van der Waals surface area contributed by atoms with E-state index in [4.69, 9.17) is 4.74 Å². The number of aryl methyl sites for hydroxylation is 1. The summed E-state index contributed by atoms with van der Waals surface area (Å²) in [5.41, 5.74) is 1.62. The molecule has 150 valence electrons. The number of aromatic nitrogens is 1. The smallest absolute Gasteiger partial charge is 0.273 e. The molecule has 4 rings (SSSR count). The van der Waals surface area contributed by atoms with Gasteiger partial charge >= 0.3 is 0 Å². The minimum Gasteiger partial charge on any atom is -0.486 e. The van der Waals surface area contributed by atoms with Crippen LogP contribution in [0.5, 0.6) is 5.75 Å². The Labute approximate surface area is 177 Å². The van der Waals surface area contributed by atoms with Gasteiger partial charge in [-0.1, -0.05) is 23.8 Å². The molecule has 0 bridgehead atoms. The summed E-state index contributed by atoms with van der Waals surface area (Å²) >= 11 is 2.86. The van der Waals surface area contributed by atoms with Crippen LogP contribution in [0.15, 0.2) is 47.2 Å². The highest BCUT2D eigenvalue weighted by Gasteiger charge is 2.27. The van der Waals surface area contributed by atoms with E-state index >= 15 is 0 Å². The molecule has 3 aromatic rings. The fourth-order valence-electron chi connectivity index (χ4n) is 3.09. The van der Waals surface area contributed by atoms with Gasteiger partial charge in [-0.25, -0.2) is 4.98 Å². The van der Waals surface area contributed by atoms with Crippen molar-refractivity contribution in [1.82, 2.24) is 14.8 Å². The van der Waals surface area contributed by atoms with Crippen LogP contribution in [0.1, 0.15) is 30.7 Å². The lowest BCUT2D eigenvalue weighted by Crippen LogP contribution is -2.50. The molecule has 2 aromatic heterocycles. The van der Waals surface area contributed by atoms with Crippen LogP contribution in [0.2, 0.25) is 0 Å². The number of carbonyl (C=O) groups excluding carboxylic acids is 2. The second kappa shape index (κ2) is 8.75. The number of carbonyl (C=O) groups is 2. The average molecular weight is 428 g/mol. The number of benzene rings is 1. The Bertz CT molecular complexity index is 975. The summed E-state index contributed by atoms with van der Waals surface area (Å²) in [6.45, 7) is 4.47. The maximum Gasteiger partial charge on any atom is 0.273 e. The topological polar surface area (TPSA) is 62.7 Å². The van der Waals surface area contributed by atoms with Crippen molar-refractivity contribution in [3.63, 3.8) is 0 Å². The van der Waals surface area contributed by atoms with Crippen molar-refractivity contribution in [3.8, 4) is 5.75 Å². The normalized spacial score (nSPS) is 14.1. The van der Waals surface area contributed by atoms with E-state index in [1.54, 1.807) is 15.2 Å². The molecule has 1 saturated heterocycles. The van der Waals surface area contributed by atoms with Crippen molar-refractivity contribution in [2.24, 2.45) is 0 Å². The van der Waals surface area contributed by atoms with Crippen LogP contribution >= 0.6 is 22.7 Å². The highest BCUT2D eigenvalue weighted by molar-refractivity contribution is 7.12. The van der Waals surface area contributed by atoms with E-state index in [1.165, 1.54) is 28.2 Å². The Morgan fingerprint density at radius 3 is 2.34 bits per heavy atom. The van der Waals surface area contributed by atoms with Gasteiger partial charge in [-0.2, -0.15) is 0 Å². The molecule has 1 aliphatic rings. The molecule has 0 atom stereocenters. The molecule has 0 unspecified atom stereocenters. The Balaban J connectivity index is 1.30. The van der Waals surface area contributed by atoms with Crippen molar-refractivity contribution >= 4 is 34.5 Å². The number of ether oxygens (including phenoxy) is 1. The third-order valence-electron chi connectivity index (χ3n) is 4.74. The summed E-state index contributed by atoms with van der Waals surface area (Å²) in [5, 5.41) is 4.44. The van der Waals surface area contributed by atoms with Gasteiger partial charge in [0.25, 0.3) is 11.8 Å². The SMILES string of the molecule is Cc1ccc(OCc2nc(C(=O)N3CCN(C(=O)c4cccs4)CC3)cs2)cc1. The Hall–Kier alpha value is -2.71. The molecule has 3 heterocycles. The zero-order chi connectivity index (χ0) is 20.2. The maximum atomic E-state index is 12.8. The van der Waals surface area contributed by atoms with Crippen LogP contribution in [0.25, 0.3) is 0 Å². The lowest BCUT2D eigenvalue weighted by atomic mass is 10.2. The Kier molecular flexibility index (Phi) is 5.92. The van der Waals surface area contributed by atoms with Crippen LogP contribution in [0.3, 0.4) is 0 Å². The fourth-order valence-corrected chi connectivity index (χ4v) is 4.46. The predicted molar refractivity (Wildman–Crippen MR) is 114 cm³/mol. The van der Waals surface area contributed by atoms with Crippen LogP contribution in [-0.2, 0) is 6.61 Å². The van der Waals surface area contributed by atoms with Crippen LogP contribution < -0.4 is 4.74 Å². The molecule has 0 aliphatic carbocycles. The van der Waals surface area contributed by atoms with Crippen LogP contribution in [0, 0.1) is 6.92 Å². The minimum absolute atomic E-state index is 0.0382. The molecule has 0 radical (unpaired) electrons. The third kappa shape index (κ3) is 4.65. The number of nitrogens with zero attached hydrogens (tertiary/aromatic N) is 3. The molecule has 2 amide bonds. The van der Waals surface area contributed by atoms with Gasteiger partial charge in [-0.15, -0.1) is 22.7 Å². The number of hydrogen-bond donors (Lipinski definition) is 0. The molecule has 1 aliphatic heterocycles. The van der Waals surface area contributed by atoms with E-state index in [2.05, 4.69) is 4.98 Å². The number of rotatable bonds is 5. The Morgan fingerprint density at radius 1 is 1.00 bits per heavy atom. The number of amides is 2. The summed E-state index contributed by atoms with van der Waals surface area (Å²) in [6, 6.07) is 11.5. The highest BCUT2D eigenvalue weighted by Crippen LogP contribution is 2.18. The standard InChI is InChI=1S/C21H21N3O3S2/c1-15-4-6-16(7-5-15)27-13-19-22-17(14-29-19)20(25)23-8-10-24(11-9-23)21(26)18-3-2-12-28-18/h2-7,12,14H,8-11,13H2,1H3. The second-order valence-corrected chi connectivity index (χ2v) is 8.68. The lowest BCUT2D eigenvalue weighted by molar-refractivity contribution is 0.0535. The molecule has 6 nitrogen and oxygen atoms in total. The first-order valence-corrected chi connectivity index (χ1v) is 11.1. The third-order valence-corrected chi connectivity index (χ3v) is 6.42. The van der Waals surface area contributed by atoms with E-state index < -0.39 is 0 Å². The summed E-state index contributed by atoms with van der Waals surface area (Å²) in [7, 11) is 0. The van der Waals surface area contributed by atoms with Gasteiger partial charge in [0, 0.05) is 31.6 Å². The van der Waals surface area contributed by atoms with Gasteiger partial charge in [-0.05, 0) is 30.5 Å². The molecule has 0 saturated carbocycles. The molecule has 8 heteroatoms. The maximum absolute atomic E-state index is 12.8. The van der Waals surface area contributed by atoms with E-state index in [0.717, 1.165) is 15.6 Å². The fraction of sp³-hybridized carbons (Fsp3) is 0.286. The first-order chi connectivity index (χ1) is 14.1. The largest absolute Gasteiger partial charge is 0.486 e. The second-order valence-electron chi connectivity index (χ2n) is 6.79. The first-order valence-electron chi connectivity index (χ1n) is 9.36. The van der Waals surface area contributed by atoms with Gasteiger partial charge in [0.15, 0.2) is 0 Å². The van der Waals surface area contributed by atoms with E-state index in [-0.39, 0.29) is 11.8 Å². The van der Waals surface area contributed by atoms with Crippen molar-refractivity contribution in [2.75, 3.05) is 26.2 Å². The zero-order valence-corrected chi connectivity index (χ0v) is 17.7. The monoisotopic (exact) mass is 427 g/mol. The number of piperazine rings is 1. The molecule has 1 fully saturated rings. The molecule has 29 heavy (non-hydrogen) atoms. The molecule has 0 N–H and O–H groups in total. The van der Waals surface area contributed by atoms with Crippen molar-refractivity contribution < 1.29 is 14.3 Å². The molecular weight excluding hydrogens is 406 g/mol. The molecule has 0 spiro atoms. The van der Waals surface area contributed by atoms with Crippen LogP contribution in [-0.4, -0.2) is 52.8 Å². The number of thiazole rings is 1. The summed E-state index contributed by atoms with van der Waals surface area (Å²) in [6.07, 6.45) is 0. The quantitative estimate of drug-likeness (QED) is 0.623. The van der Waals surface area contributed by atoms with Gasteiger partial charge in [0.2, 0.25) is 0 Å². The van der Waals surface area contributed by atoms with E-state index in [9.17, 15) is 9.59 Å². The van der Waals surface area contributed by atoms with Crippen molar-refractivity contribution in [3.05, 3.63) is 68.3 Å². The molecule has 1 aromatic carbocycles. The summed E-state index contributed by atoms with van der Waals surface area (Å²) < 4.78 is 5.74. The van der Waals surface area contributed by atoms with Crippen LogP contribution in [0.4, 0.5) is 0 Å². The minimum atomic E-state index is -0.0916. The number of hydrogen-bond acceptors (Lipinski definition) is 6. The zero-order valence-electron chi connectivity index (χ0n) is 16.0. The summed E-state index contributed by atoms with van der Waals surface area (Å²) in [4.78, 5) is 33.9. The predicted octanol–water partition coefficient (Wildman–Crippen LogP) is 3.69. The van der Waals surface area contributed by atoms with Gasteiger partial charge < -0.3 is 14.5 Å². The van der Waals surface area contributed by atoms with Crippen molar-refractivity contribution in [2.45, 2.75) is 13.5 Å².